The van der Waals surface area contributed by atoms with Crippen molar-refractivity contribution >= 4 is 5.91 Å². The summed E-state index contributed by atoms with van der Waals surface area (Å²) in [7, 11) is 0. The maximum Gasteiger partial charge on any atom is 0.260 e. The van der Waals surface area contributed by atoms with Crippen molar-refractivity contribution < 1.29 is 9.53 Å². The highest BCUT2D eigenvalue weighted by Gasteiger charge is 2.29. The van der Waals surface area contributed by atoms with Crippen LogP contribution >= 0.6 is 0 Å². The number of carbonyl (C=O) groups excluding carboxylic acids is 1. The summed E-state index contributed by atoms with van der Waals surface area (Å²) in [5, 5.41) is 3.05. The van der Waals surface area contributed by atoms with Gasteiger partial charge in [0.15, 0.2) is 6.10 Å². The van der Waals surface area contributed by atoms with Crippen LogP contribution in [0.2, 0.25) is 0 Å². The van der Waals surface area contributed by atoms with Gasteiger partial charge in [0, 0.05) is 12.1 Å². The fraction of sp³-hybridized carbons (Fsp3) is 0.632. The Hall–Kier alpha value is -1.55. The van der Waals surface area contributed by atoms with E-state index >= 15 is 0 Å². The van der Waals surface area contributed by atoms with Crippen molar-refractivity contribution in [3.8, 4) is 5.75 Å². The molecule has 0 spiro atoms. The zero-order chi connectivity index (χ0) is 16.9. The average Bonchev–Trinajstić information content (AvgIpc) is 2.55. The summed E-state index contributed by atoms with van der Waals surface area (Å²) in [6.07, 6.45) is 3.34. The van der Waals surface area contributed by atoms with Crippen molar-refractivity contribution in [3.63, 3.8) is 0 Å². The molecule has 4 heteroatoms. The van der Waals surface area contributed by atoms with Crippen LogP contribution in [0.25, 0.3) is 0 Å². The fourth-order valence-electron chi connectivity index (χ4n) is 2.93. The van der Waals surface area contributed by atoms with Gasteiger partial charge in [-0.25, -0.2) is 0 Å². The van der Waals surface area contributed by atoms with Gasteiger partial charge >= 0.3 is 0 Å². The molecule has 0 unspecified atom stereocenters. The van der Waals surface area contributed by atoms with Crippen molar-refractivity contribution in [2.24, 2.45) is 0 Å². The van der Waals surface area contributed by atoms with E-state index in [1.165, 1.54) is 24.8 Å². The Bertz CT molecular complexity index is 505. The van der Waals surface area contributed by atoms with Crippen LogP contribution in [0.15, 0.2) is 24.3 Å². The third-order valence-corrected chi connectivity index (χ3v) is 4.61. The first-order valence-corrected chi connectivity index (χ1v) is 8.64. The summed E-state index contributed by atoms with van der Waals surface area (Å²) in [5.74, 6) is 0.671. The number of carbonyl (C=O) groups is 1. The van der Waals surface area contributed by atoms with Gasteiger partial charge in [-0.2, -0.15) is 0 Å². The highest BCUT2D eigenvalue weighted by atomic mass is 16.5. The summed E-state index contributed by atoms with van der Waals surface area (Å²) in [6, 6.07) is 7.77. The minimum absolute atomic E-state index is 0.0142. The Morgan fingerprint density at radius 1 is 1.22 bits per heavy atom. The van der Waals surface area contributed by atoms with E-state index in [1.807, 2.05) is 31.2 Å². The summed E-state index contributed by atoms with van der Waals surface area (Å²) in [6.45, 7) is 11.1. The SMILES string of the molecule is Cc1ccc(O[C@@H](C)C(=O)NCC(C)(C)N2CCCCC2)cc1. The molecule has 1 aliphatic rings. The topological polar surface area (TPSA) is 41.6 Å². The molecule has 0 radical (unpaired) electrons. The second-order valence-electron chi connectivity index (χ2n) is 7.15. The number of ether oxygens (including phenoxy) is 1. The van der Waals surface area contributed by atoms with Crippen LogP contribution in [-0.2, 0) is 4.79 Å². The number of hydrogen-bond acceptors (Lipinski definition) is 3. The standard InChI is InChI=1S/C19H30N2O2/c1-15-8-10-17(11-9-15)23-16(2)18(22)20-14-19(3,4)21-12-6-5-7-13-21/h8-11,16H,5-7,12-14H2,1-4H3,(H,20,22)/t16-/m0/s1. The minimum Gasteiger partial charge on any atom is -0.481 e. The van der Waals surface area contributed by atoms with Gasteiger partial charge in [0.25, 0.3) is 5.91 Å². The largest absolute Gasteiger partial charge is 0.481 e. The molecule has 1 aromatic rings. The highest BCUT2D eigenvalue weighted by Crippen LogP contribution is 2.20. The zero-order valence-corrected chi connectivity index (χ0v) is 14.9. The average molecular weight is 318 g/mol. The van der Waals surface area contributed by atoms with E-state index in [0.717, 1.165) is 18.8 Å². The number of hydrogen-bond donors (Lipinski definition) is 1. The lowest BCUT2D eigenvalue weighted by Crippen LogP contribution is -2.54. The second kappa shape index (κ2) is 7.82. The summed E-state index contributed by atoms with van der Waals surface area (Å²) in [5.41, 5.74) is 1.16. The van der Waals surface area contributed by atoms with E-state index in [0.29, 0.717) is 6.54 Å². The predicted molar refractivity (Wildman–Crippen MR) is 93.8 cm³/mol. The molecule has 0 saturated carbocycles. The molecule has 1 aromatic carbocycles. The molecule has 1 saturated heterocycles. The number of amides is 1. The first-order valence-electron chi connectivity index (χ1n) is 8.64. The lowest BCUT2D eigenvalue weighted by atomic mass is 9.98. The maximum atomic E-state index is 12.3. The van der Waals surface area contributed by atoms with E-state index in [4.69, 9.17) is 4.74 Å². The number of nitrogens with zero attached hydrogens (tertiary/aromatic N) is 1. The molecular formula is C19H30N2O2. The Labute approximate surface area is 140 Å². The van der Waals surface area contributed by atoms with Crippen LogP contribution < -0.4 is 10.1 Å². The molecule has 23 heavy (non-hydrogen) atoms. The molecule has 2 rings (SSSR count). The smallest absolute Gasteiger partial charge is 0.260 e. The zero-order valence-electron chi connectivity index (χ0n) is 14.9. The second-order valence-corrected chi connectivity index (χ2v) is 7.15. The van der Waals surface area contributed by atoms with Crippen molar-refractivity contribution in [2.45, 2.75) is 58.6 Å². The molecule has 1 amide bonds. The normalized spacial score (nSPS) is 17.6. The summed E-state index contributed by atoms with van der Waals surface area (Å²) < 4.78 is 5.72. The predicted octanol–water partition coefficient (Wildman–Crippen LogP) is 3.14. The monoisotopic (exact) mass is 318 g/mol. The fourth-order valence-corrected chi connectivity index (χ4v) is 2.93. The highest BCUT2D eigenvalue weighted by molar-refractivity contribution is 5.80. The first kappa shape index (κ1) is 17.8. The molecule has 1 fully saturated rings. The third-order valence-electron chi connectivity index (χ3n) is 4.61. The lowest BCUT2D eigenvalue weighted by molar-refractivity contribution is -0.127. The molecule has 1 heterocycles. The molecule has 0 aliphatic carbocycles. The van der Waals surface area contributed by atoms with Gasteiger partial charge in [-0.15, -0.1) is 0 Å². The van der Waals surface area contributed by atoms with Crippen molar-refractivity contribution in [1.29, 1.82) is 0 Å². The van der Waals surface area contributed by atoms with E-state index < -0.39 is 6.10 Å². The van der Waals surface area contributed by atoms with Gasteiger partial charge in [0.1, 0.15) is 5.75 Å². The molecule has 0 bridgehead atoms. The molecule has 1 N–H and O–H groups in total. The molecule has 0 aromatic heterocycles. The molecule has 1 atom stereocenters. The molecule has 4 nitrogen and oxygen atoms in total. The molecule has 128 valence electrons. The third kappa shape index (κ3) is 5.24. The van der Waals surface area contributed by atoms with Gasteiger partial charge in [0.05, 0.1) is 0 Å². The summed E-state index contributed by atoms with van der Waals surface area (Å²) in [4.78, 5) is 14.8. The van der Waals surface area contributed by atoms with Gasteiger partial charge in [-0.3, -0.25) is 9.69 Å². The van der Waals surface area contributed by atoms with Crippen LogP contribution in [0.5, 0.6) is 5.75 Å². The Kier molecular flexibility index (Phi) is 6.05. The minimum atomic E-state index is -0.491. The Morgan fingerprint density at radius 2 is 1.83 bits per heavy atom. The molecular weight excluding hydrogens is 288 g/mol. The van der Waals surface area contributed by atoms with Gasteiger partial charge < -0.3 is 10.1 Å². The quantitative estimate of drug-likeness (QED) is 0.876. The van der Waals surface area contributed by atoms with Gasteiger partial charge in [-0.05, 0) is 65.8 Å². The van der Waals surface area contributed by atoms with Crippen LogP contribution in [0.3, 0.4) is 0 Å². The number of rotatable bonds is 6. The van der Waals surface area contributed by atoms with E-state index in [1.54, 1.807) is 6.92 Å². The number of likely N-dealkylation sites (tertiary alicyclic amines) is 1. The van der Waals surface area contributed by atoms with E-state index in [2.05, 4.69) is 24.1 Å². The van der Waals surface area contributed by atoms with Crippen LogP contribution in [0.4, 0.5) is 0 Å². The number of benzene rings is 1. The summed E-state index contributed by atoms with van der Waals surface area (Å²) >= 11 is 0. The van der Waals surface area contributed by atoms with E-state index in [9.17, 15) is 4.79 Å². The van der Waals surface area contributed by atoms with Crippen molar-refractivity contribution in [2.75, 3.05) is 19.6 Å². The molecule has 1 aliphatic heterocycles. The van der Waals surface area contributed by atoms with Crippen LogP contribution in [0.1, 0.15) is 45.6 Å². The first-order chi connectivity index (χ1) is 10.9. The van der Waals surface area contributed by atoms with Crippen LogP contribution in [-0.4, -0.2) is 42.1 Å². The van der Waals surface area contributed by atoms with Crippen molar-refractivity contribution in [1.82, 2.24) is 10.2 Å². The van der Waals surface area contributed by atoms with Crippen molar-refractivity contribution in [3.05, 3.63) is 29.8 Å². The number of aryl methyl sites for hydroxylation is 1. The van der Waals surface area contributed by atoms with Gasteiger partial charge in [0.2, 0.25) is 0 Å². The Balaban J connectivity index is 1.82. The lowest BCUT2D eigenvalue weighted by Gasteiger charge is -2.41. The Morgan fingerprint density at radius 3 is 2.43 bits per heavy atom. The number of nitrogens with one attached hydrogen (secondary N) is 1. The van der Waals surface area contributed by atoms with Crippen LogP contribution in [0, 0.1) is 6.92 Å². The van der Waals surface area contributed by atoms with E-state index in [-0.39, 0.29) is 11.4 Å². The van der Waals surface area contributed by atoms with Gasteiger partial charge in [-0.1, -0.05) is 24.1 Å². The maximum absolute atomic E-state index is 12.3. The number of piperidine rings is 1.